The Labute approximate surface area is 206 Å². The fraction of sp³-hybridized carbons (Fsp3) is 0.280. The van der Waals surface area contributed by atoms with Crippen molar-refractivity contribution < 1.29 is 28.8 Å². The van der Waals surface area contributed by atoms with Crippen LogP contribution in [-0.4, -0.2) is 52.9 Å². The number of carboxylic acid groups (broad SMARTS) is 1. The van der Waals surface area contributed by atoms with E-state index < -0.39 is 24.0 Å². The Hall–Kier alpha value is -3.79. The van der Waals surface area contributed by atoms with E-state index in [9.17, 15) is 19.5 Å². The highest BCUT2D eigenvalue weighted by Gasteiger charge is 2.29. The molecule has 1 aromatic heterocycles. The molecule has 182 valence electrons. The van der Waals surface area contributed by atoms with Crippen LogP contribution in [0, 0.1) is 0 Å². The molecule has 10 heteroatoms. The minimum absolute atomic E-state index is 0.0359. The topological polar surface area (TPSA) is 131 Å². The Bertz CT molecular complexity index is 1180. The van der Waals surface area contributed by atoms with Gasteiger partial charge in [0.1, 0.15) is 12.6 Å². The number of aliphatic carboxylic acids is 1. The average molecular weight is 496 g/mol. The van der Waals surface area contributed by atoms with Crippen molar-refractivity contribution in [3.05, 3.63) is 77.2 Å². The van der Waals surface area contributed by atoms with Crippen LogP contribution in [0.15, 0.2) is 59.1 Å². The van der Waals surface area contributed by atoms with E-state index in [0.717, 1.165) is 22.3 Å². The van der Waals surface area contributed by atoms with Crippen LogP contribution in [0.1, 0.15) is 39.7 Å². The minimum Gasteiger partial charge on any atom is -0.480 e. The largest absolute Gasteiger partial charge is 0.480 e. The van der Waals surface area contributed by atoms with E-state index in [2.05, 4.69) is 27.9 Å². The smallest absolute Gasteiger partial charge is 0.407 e. The molecule has 1 aliphatic carbocycles. The van der Waals surface area contributed by atoms with Gasteiger partial charge in [-0.2, -0.15) is 11.8 Å². The predicted octanol–water partition coefficient (Wildman–Crippen LogP) is 3.65. The lowest BCUT2D eigenvalue weighted by molar-refractivity contribution is -0.139. The molecule has 1 aliphatic rings. The molecule has 0 bridgehead atoms. The van der Waals surface area contributed by atoms with Crippen molar-refractivity contribution in [2.45, 2.75) is 24.9 Å². The SMILES string of the molecule is CSCCC(NC(=O)c1cc(CNC(=O)OCC2c3ccccc3-c3ccccc32)on1)C(=O)O. The fourth-order valence-corrected chi connectivity index (χ4v) is 4.51. The van der Waals surface area contributed by atoms with Gasteiger partial charge in [0.25, 0.3) is 5.91 Å². The number of carbonyl (C=O) groups excluding carboxylic acids is 2. The molecule has 1 heterocycles. The molecule has 0 aliphatic heterocycles. The van der Waals surface area contributed by atoms with Gasteiger partial charge in [0.05, 0.1) is 6.54 Å². The van der Waals surface area contributed by atoms with Gasteiger partial charge in [0, 0.05) is 12.0 Å². The molecule has 2 aromatic carbocycles. The number of hydrogen-bond donors (Lipinski definition) is 3. The van der Waals surface area contributed by atoms with E-state index in [1.54, 1.807) is 0 Å². The van der Waals surface area contributed by atoms with Gasteiger partial charge in [-0.1, -0.05) is 53.7 Å². The van der Waals surface area contributed by atoms with Crippen LogP contribution in [0.5, 0.6) is 0 Å². The number of fused-ring (bicyclic) bond motifs is 3. The number of amides is 2. The molecule has 35 heavy (non-hydrogen) atoms. The van der Waals surface area contributed by atoms with Gasteiger partial charge >= 0.3 is 12.1 Å². The zero-order valence-electron chi connectivity index (χ0n) is 19.0. The second-order valence-corrected chi connectivity index (χ2v) is 8.99. The molecule has 0 saturated carbocycles. The first-order valence-corrected chi connectivity index (χ1v) is 12.4. The van der Waals surface area contributed by atoms with Crippen LogP contribution in [0.4, 0.5) is 4.79 Å². The van der Waals surface area contributed by atoms with Gasteiger partial charge in [0.2, 0.25) is 0 Å². The highest BCUT2D eigenvalue weighted by Crippen LogP contribution is 2.44. The number of hydrogen-bond acceptors (Lipinski definition) is 7. The monoisotopic (exact) mass is 495 g/mol. The number of benzene rings is 2. The minimum atomic E-state index is -1.12. The number of carbonyl (C=O) groups is 3. The van der Waals surface area contributed by atoms with Crippen molar-refractivity contribution in [3.8, 4) is 11.1 Å². The fourth-order valence-electron chi connectivity index (χ4n) is 4.04. The molecule has 9 nitrogen and oxygen atoms in total. The summed E-state index contributed by atoms with van der Waals surface area (Å²) in [6.07, 6.45) is 1.52. The number of thioether (sulfide) groups is 1. The average Bonchev–Trinajstić information content (AvgIpc) is 3.47. The van der Waals surface area contributed by atoms with E-state index >= 15 is 0 Å². The van der Waals surface area contributed by atoms with Crippen molar-refractivity contribution in [1.82, 2.24) is 15.8 Å². The van der Waals surface area contributed by atoms with Crippen molar-refractivity contribution in [1.29, 1.82) is 0 Å². The molecular formula is C25H25N3O6S. The van der Waals surface area contributed by atoms with E-state index in [1.165, 1.54) is 17.8 Å². The third-order valence-corrected chi connectivity index (χ3v) is 6.40. The van der Waals surface area contributed by atoms with Crippen molar-refractivity contribution in [2.24, 2.45) is 0 Å². The third kappa shape index (κ3) is 5.65. The summed E-state index contributed by atoms with van der Waals surface area (Å²) in [5.74, 6) is -1.00. The van der Waals surface area contributed by atoms with Crippen molar-refractivity contribution in [2.75, 3.05) is 18.6 Å². The highest BCUT2D eigenvalue weighted by atomic mass is 32.2. The molecule has 3 aromatic rings. The van der Waals surface area contributed by atoms with E-state index in [0.29, 0.717) is 5.75 Å². The second-order valence-electron chi connectivity index (χ2n) is 8.00. The van der Waals surface area contributed by atoms with Gasteiger partial charge < -0.3 is 25.0 Å². The summed E-state index contributed by atoms with van der Waals surface area (Å²) in [6, 6.07) is 16.5. The van der Waals surface area contributed by atoms with Crippen LogP contribution in [0.2, 0.25) is 0 Å². The standard InChI is InChI=1S/C25H25N3O6S/c1-35-11-10-21(24(30)31)27-23(29)22-12-15(34-28-22)13-26-25(32)33-14-20-18-8-4-2-6-16(18)17-7-3-5-9-19(17)20/h2-9,12,20-21H,10-11,13-14H2,1H3,(H,26,32)(H,27,29)(H,30,31). The normalized spacial score (nSPS) is 12.9. The van der Waals surface area contributed by atoms with Gasteiger partial charge in [-0.3, -0.25) is 4.79 Å². The second kappa shape index (κ2) is 11.1. The Morgan fingerprint density at radius 3 is 2.40 bits per heavy atom. The van der Waals surface area contributed by atoms with Crippen molar-refractivity contribution in [3.63, 3.8) is 0 Å². The Kier molecular flexibility index (Phi) is 7.71. The lowest BCUT2D eigenvalue weighted by atomic mass is 9.98. The summed E-state index contributed by atoms with van der Waals surface area (Å²) in [5, 5.41) is 17.9. The summed E-state index contributed by atoms with van der Waals surface area (Å²) in [4.78, 5) is 35.9. The lowest BCUT2D eigenvalue weighted by Crippen LogP contribution is -2.41. The van der Waals surface area contributed by atoms with Crippen LogP contribution in [-0.2, 0) is 16.1 Å². The number of aromatic nitrogens is 1. The summed E-state index contributed by atoms with van der Waals surface area (Å²) < 4.78 is 10.6. The molecule has 1 unspecified atom stereocenters. The maximum Gasteiger partial charge on any atom is 0.407 e. The molecular weight excluding hydrogens is 470 g/mol. The van der Waals surface area contributed by atoms with E-state index in [4.69, 9.17) is 9.26 Å². The number of alkyl carbamates (subject to hydrolysis) is 1. The number of rotatable bonds is 10. The van der Waals surface area contributed by atoms with Gasteiger partial charge in [-0.05, 0) is 40.7 Å². The third-order valence-electron chi connectivity index (χ3n) is 5.76. The van der Waals surface area contributed by atoms with Crippen molar-refractivity contribution >= 4 is 29.7 Å². The summed E-state index contributed by atoms with van der Waals surface area (Å²) in [6.45, 7) is 0.141. The molecule has 4 rings (SSSR count). The number of nitrogens with one attached hydrogen (secondary N) is 2. The summed E-state index contributed by atoms with van der Waals surface area (Å²) in [7, 11) is 0. The zero-order valence-corrected chi connectivity index (χ0v) is 19.8. The number of carboxylic acids is 1. The molecule has 0 radical (unpaired) electrons. The van der Waals surface area contributed by atoms with Crippen LogP contribution >= 0.6 is 11.8 Å². The quantitative estimate of drug-likeness (QED) is 0.389. The molecule has 1 atom stereocenters. The summed E-state index contributed by atoms with van der Waals surface area (Å²) in [5.41, 5.74) is 4.45. The first kappa shape index (κ1) is 24.3. The van der Waals surface area contributed by atoms with E-state index in [-0.39, 0.29) is 36.9 Å². The molecule has 2 amide bonds. The lowest BCUT2D eigenvalue weighted by Gasteiger charge is -2.14. The molecule has 0 spiro atoms. The van der Waals surface area contributed by atoms with Gasteiger partial charge in [-0.15, -0.1) is 0 Å². The molecule has 3 N–H and O–H groups in total. The maximum atomic E-state index is 12.3. The Morgan fingerprint density at radius 1 is 1.11 bits per heavy atom. The summed E-state index contributed by atoms with van der Waals surface area (Å²) >= 11 is 1.49. The first-order chi connectivity index (χ1) is 17.0. The molecule has 0 fully saturated rings. The first-order valence-electron chi connectivity index (χ1n) is 11.0. The number of ether oxygens (including phenoxy) is 1. The van der Waals surface area contributed by atoms with Crippen LogP contribution in [0.3, 0.4) is 0 Å². The Balaban J connectivity index is 1.29. The van der Waals surface area contributed by atoms with Gasteiger partial charge in [-0.25, -0.2) is 9.59 Å². The highest BCUT2D eigenvalue weighted by molar-refractivity contribution is 7.98. The van der Waals surface area contributed by atoms with Crippen LogP contribution in [0.25, 0.3) is 11.1 Å². The van der Waals surface area contributed by atoms with Crippen LogP contribution < -0.4 is 10.6 Å². The zero-order chi connectivity index (χ0) is 24.8. The molecule has 0 saturated heterocycles. The maximum absolute atomic E-state index is 12.3. The van der Waals surface area contributed by atoms with Gasteiger partial charge in [0.15, 0.2) is 11.5 Å². The Morgan fingerprint density at radius 2 is 1.77 bits per heavy atom. The number of nitrogens with zero attached hydrogens (tertiary/aromatic N) is 1. The predicted molar refractivity (Wildman–Crippen MR) is 130 cm³/mol. The van der Waals surface area contributed by atoms with E-state index in [1.807, 2.05) is 42.7 Å².